The number of ether oxygens (including phenoxy) is 1. The first-order chi connectivity index (χ1) is 7.92. The topological polar surface area (TPSA) is 53.0 Å². The summed E-state index contributed by atoms with van der Waals surface area (Å²) < 4.78 is 5.73. The van der Waals surface area contributed by atoms with E-state index in [0.717, 1.165) is 19.6 Å². The number of aliphatic hydroxyl groups is 1. The van der Waals surface area contributed by atoms with Crippen molar-refractivity contribution in [3.05, 3.63) is 0 Å². The third kappa shape index (κ3) is 6.73. The van der Waals surface area contributed by atoms with Gasteiger partial charge in [-0.3, -0.25) is 4.90 Å². The van der Waals surface area contributed by atoms with Crippen molar-refractivity contribution >= 4 is 6.79 Å². The fourth-order valence-corrected chi connectivity index (χ4v) is 1.67. The van der Waals surface area contributed by atoms with E-state index in [-0.39, 0.29) is 18.2 Å². The van der Waals surface area contributed by atoms with Gasteiger partial charge in [0.05, 0.1) is 12.2 Å². The molecule has 0 radical (unpaired) electrons. The Kier molecular flexibility index (Phi) is 7.54. The summed E-state index contributed by atoms with van der Waals surface area (Å²) in [6.45, 7) is 11.9. The Labute approximate surface area is 104 Å². The molecule has 1 aliphatic rings. The highest BCUT2D eigenvalue weighted by atomic mass is 16.5. The van der Waals surface area contributed by atoms with Gasteiger partial charge in [0.25, 0.3) is 0 Å². The lowest BCUT2D eigenvalue weighted by atomic mass is 10.2. The highest BCUT2D eigenvalue weighted by Crippen LogP contribution is 2.12. The molecule has 0 spiro atoms. The average Bonchev–Trinajstić information content (AvgIpc) is 2.29. The number of nitrogens with zero attached hydrogens (tertiary/aromatic N) is 2. The molecule has 1 heterocycles. The number of carbonyl (C=O) groups is 1. The summed E-state index contributed by atoms with van der Waals surface area (Å²) in [5, 5.41) is 9.28. The van der Waals surface area contributed by atoms with Gasteiger partial charge in [0.2, 0.25) is 0 Å². The molecule has 0 saturated carbocycles. The molecular formula is C12H26N2O3. The summed E-state index contributed by atoms with van der Waals surface area (Å²) >= 11 is 0. The fourth-order valence-electron chi connectivity index (χ4n) is 1.67. The van der Waals surface area contributed by atoms with Crippen molar-refractivity contribution in [1.82, 2.24) is 9.80 Å². The molecule has 0 amide bonds. The second-order valence-electron chi connectivity index (χ2n) is 5.30. The maximum Gasteiger partial charge on any atom is 0.106 e. The van der Waals surface area contributed by atoms with Crippen molar-refractivity contribution in [2.75, 3.05) is 40.0 Å². The minimum absolute atomic E-state index is 0.108. The lowest BCUT2D eigenvalue weighted by Crippen LogP contribution is -2.54. The molecule has 1 atom stereocenters. The molecule has 1 rings (SSSR count). The van der Waals surface area contributed by atoms with Gasteiger partial charge in [-0.05, 0) is 27.8 Å². The standard InChI is InChI=1S/C11H24N2O2.CH2O/c1-11(2,3)15-9-13-6-5-12(4)7-10(13)8-14;1-2/h10,14H,5-9H2,1-4H3;1H2. The quantitative estimate of drug-likeness (QED) is 0.770. The third-order valence-electron chi connectivity index (χ3n) is 2.68. The number of hydrogen-bond donors (Lipinski definition) is 1. The highest BCUT2D eigenvalue weighted by molar-refractivity contribution is 5.10. The van der Waals surface area contributed by atoms with Crippen LogP contribution in [0.2, 0.25) is 0 Å². The van der Waals surface area contributed by atoms with Gasteiger partial charge in [-0.15, -0.1) is 0 Å². The van der Waals surface area contributed by atoms with Gasteiger partial charge in [-0.2, -0.15) is 0 Å². The predicted molar refractivity (Wildman–Crippen MR) is 67.9 cm³/mol. The van der Waals surface area contributed by atoms with Crippen LogP contribution in [0.15, 0.2) is 0 Å². The first-order valence-corrected chi connectivity index (χ1v) is 5.88. The van der Waals surface area contributed by atoms with Crippen molar-refractivity contribution in [2.24, 2.45) is 0 Å². The first-order valence-electron chi connectivity index (χ1n) is 5.88. The number of carbonyl (C=O) groups excluding carboxylic acids is 1. The largest absolute Gasteiger partial charge is 0.395 e. The van der Waals surface area contributed by atoms with E-state index in [0.29, 0.717) is 6.73 Å². The Balaban J connectivity index is 0.00000121. The summed E-state index contributed by atoms with van der Waals surface area (Å²) in [5.74, 6) is 0. The monoisotopic (exact) mass is 246 g/mol. The minimum Gasteiger partial charge on any atom is -0.395 e. The van der Waals surface area contributed by atoms with Crippen molar-refractivity contribution in [1.29, 1.82) is 0 Å². The molecule has 0 aliphatic carbocycles. The summed E-state index contributed by atoms with van der Waals surface area (Å²) in [5.41, 5.74) is -0.108. The molecule has 5 heteroatoms. The number of aliphatic hydroxyl groups excluding tert-OH is 1. The summed E-state index contributed by atoms with van der Waals surface area (Å²) in [6, 6.07) is 0.214. The summed E-state index contributed by atoms with van der Waals surface area (Å²) in [7, 11) is 2.09. The van der Waals surface area contributed by atoms with Crippen LogP contribution in [0, 0.1) is 0 Å². The summed E-state index contributed by atoms with van der Waals surface area (Å²) in [6.07, 6.45) is 0. The highest BCUT2D eigenvalue weighted by Gasteiger charge is 2.25. The van der Waals surface area contributed by atoms with Crippen LogP contribution in [-0.4, -0.2) is 73.4 Å². The van der Waals surface area contributed by atoms with Crippen molar-refractivity contribution < 1.29 is 14.6 Å². The van der Waals surface area contributed by atoms with Crippen LogP contribution in [0.4, 0.5) is 0 Å². The van der Waals surface area contributed by atoms with Crippen LogP contribution in [0.25, 0.3) is 0 Å². The van der Waals surface area contributed by atoms with E-state index >= 15 is 0 Å². The molecule has 1 fully saturated rings. The predicted octanol–water partition coefficient (Wildman–Crippen LogP) is 0.182. The molecule has 1 aliphatic heterocycles. The van der Waals surface area contributed by atoms with Crippen LogP contribution in [0.1, 0.15) is 20.8 Å². The Bertz CT molecular complexity index is 206. The molecule has 0 aromatic carbocycles. The number of hydrogen-bond acceptors (Lipinski definition) is 5. The summed E-state index contributed by atoms with van der Waals surface area (Å²) in [4.78, 5) is 12.5. The Hall–Kier alpha value is -0.490. The Morgan fingerprint density at radius 2 is 1.94 bits per heavy atom. The van der Waals surface area contributed by atoms with Crippen LogP contribution in [0.5, 0.6) is 0 Å². The molecule has 0 aromatic heterocycles. The van der Waals surface area contributed by atoms with Gasteiger partial charge in [-0.25, -0.2) is 0 Å². The lowest BCUT2D eigenvalue weighted by molar-refractivity contribution is -0.0980. The van der Waals surface area contributed by atoms with Gasteiger partial charge in [-0.1, -0.05) is 0 Å². The number of rotatable bonds is 3. The number of likely N-dealkylation sites (N-methyl/N-ethyl adjacent to an activating group) is 1. The minimum atomic E-state index is -0.108. The molecule has 1 N–H and O–H groups in total. The van der Waals surface area contributed by atoms with E-state index in [1.54, 1.807) is 0 Å². The Morgan fingerprint density at radius 1 is 1.35 bits per heavy atom. The van der Waals surface area contributed by atoms with E-state index in [1.165, 1.54) is 0 Å². The van der Waals surface area contributed by atoms with Gasteiger partial charge in [0.1, 0.15) is 13.5 Å². The fraction of sp³-hybridized carbons (Fsp3) is 0.917. The average molecular weight is 246 g/mol. The SMILES string of the molecule is C=O.CN1CCN(COC(C)(C)C)C(CO)C1. The zero-order chi connectivity index (χ0) is 13.5. The van der Waals surface area contributed by atoms with Gasteiger partial charge in [0, 0.05) is 25.7 Å². The molecule has 1 unspecified atom stereocenters. The molecule has 1 saturated heterocycles. The van der Waals surface area contributed by atoms with E-state index < -0.39 is 0 Å². The second kappa shape index (κ2) is 7.76. The van der Waals surface area contributed by atoms with Gasteiger partial charge < -0.3 is 19.5 Å². The van der Waals surface area contributed by atoms with E-state index in [2.05, 4.69) is 37.6 Å². The molecule has 5 nitrogen and oxygen atoms in total. The van der Waals surface area contributed by atoms with Crippen LogP contribution in [0.3, 0.4) is 0 Å². The van der Waals surface area contributed by atoms with Crippen LogP contribution < -0.4 is 0 Å². The van der Waals surface area contributed by atoms with Crippen LogP contribution in [-0.2, 0) is 9.53 Å². The van der Waals surface area contributed by atoms with Gasteiger partial charge in [0.15, 0.2) is 0 Å². The van der Waals surface area contributed by atoms with Crippen LogP contribution >= 0.6 is 0 Å². The Morgan fingerprint density at radius 3 is 2.41 bits per heavy atom. The molecule has 0 aromatic rings. The number of piperazine rings is 1. The zero-order valence-corrected chi connectivity index (χ0v) is 11.5. The van der Waals surface area contributed by atoms with E-state index in [4.69, 9.17) is 9.53 Å². The molecule has 17 heavy (non-hydrogen) atoms. The first kappa shape index (κ1) is 16.5. The smallest absolute Gasteiger partial charge is 0.106 e. The maximum absolute atomic E-state index is 9.28. The molecule has 102 valence electrons. The maximum atomic E-state index is 9.28. The molecule has 0 bridgehead atoms. The zero-order valence-electron chi connectivity index (χ0n) is 11.5. The lowest BCUT2D eigenvalue weighted by Gasteiger charge is -2.39. The van der Waals surface area contributed by atoms with Crippen molar-refractivity contribution in [3.8, 4) is 0 Å². The normalized spacial score (nSPS) is 23.0. The van der Waals surface area contributed by atoms with Crippen molar-refractivity contribution in [3.63, 3.8) is 0 Å². The van der Waals surface area contributed by atoms with E-state index in [9.17, 15) is 5.11 Å². The molecular weight excluding hydrogens is 220 g/mol. The van der Waals surface area contributed by atoms with Gasteiger partial charge >= 0.3 is 0 Å². The third-order valence-corrected chi connectivity index (χ3v) is 2.68. The van der Waals surface area contributed by atoms with E-state index in [1.807, 2.05) is 6.79 Å². The van der Waals surface area contributed by atoms with Crippen molar-refractivity contribution in [2.45, 2.75) is 32.4 Å². The second-order valence-corrected chi connectivity index (χ2v) is 5.30.